The Morgan fingerprint density at radius 3 is 3.04 bits per heavy atom. The Morgan fingerprint density at radius 2 is 2.22 bits per heavy atom. The van der Waals surface area contributed by atoms with Gasteiger partial charge in [-0.05, 0) is 44.0 Å². The summed E-state index contributed by atoms with van der Waals surface area (Å²) >= 11 is 0. The SMILES string of the molecule is CN(Cc1cccc(C(=O)Nc2c3c(nn2C)CCC3)c1)Cc1ncc[nH]1. The van der Waals surface area contributed by atoms with Gasteiger partial charge in [0.15, 0.2) is 0 Å². The van der Waals surface area contributed by atoms with Crippen molar-refractivity contribution < 1.29 is 4.79 Å². The molecular weight excluding hydrogens is 340 g/mol. The molecular formula is C20H24N6O. The molecule has 3 aromatic rings. The lowest BCUT2D eigenvalue weighted by atomic mass is 10.1. The van der Waals surface area contributed by atoms with Gasteiger partial charge in [-0.3, -0.25) is 14.4 Å². The fraction of sp³-hybridized carbons (Fsp3) is 0.350. The van der Waals surface area contributed by atoms with Gasteiger partial charge in [0.2, 0.25) is 0 Å². The van der Waals surface area contributed by atoms with Crippen molar-refractivity contribution in [2.24, 2.45) is 7.05 Å². The van der Waals surface area contributed by atoms with E-state index in [0.717, 1.165) is 55.3 Å². The predicted molar refractivity (Wildman–Crippen MR) is 103 cm³/mol. The highest BCUT2D eigenvalue weighted by Crippen LogP contribution is 2.28. The van der Waals surface area contributed by atoms with Gasteiger partial charge in [-0.25, -0.2) is 4.98 Å². The van der Waals surface area contributed by atoms with E-state index < -0.39 is 0 Å². The Hall–Kier alpha value is -2.93. The first kappa shape index (κ1) is 17.5. The Kier molecular flexibility index (Phi) is 4.77. The van der Waals surface area contributed by atoms with Gasteiger partial charge in [0.1, 0.15) is 11.6 Å². The van der Waals surface area contributed by atoms with Gasteiger partial charge in [0.25, 0.3) is 5.91 Å². The molecule has 1 aliphatic rings. The number of rotatable bonds is 6. The number of carbonyl (C=O) groups is 1. The van der Waals surface area contributed by atoms with E-state index in [1.165, 1.54) is 5.56 Å². The van der Waals surface area contributed by atoms with Crippen molar-refractivity contribution in [1.29, 1.82) is 0 Å². The molecule has 0 aliphatic heterocycles. The van der Waals surface area contributed by atoms with Crippen LogP contribution in [0.25, 0.3) is 0 Å². The summed E-state index contributed by atoms with van der Waals surface area (Å²) in [5, 5.41) is 7.57. The molecule has 27 heavy (non-hydrogen) atoms. The molecule has 2 N–H and O–H groups in total. The molecule has 7 heteroatoms. The lowest BCUT2D eigenvalue weighted by Crippen LogP contribution is -2.19. The third-order valence-electron chi connectivity index (χ3n) is 4.92. The highest BCUT2D eigenvalue weighted by atomic mass is 16.1. The Bertz CT molecular complexity index is 944. The average Bonchev–Trinajstić information content (AvgIpc) is 3.36. The summed E-state index contributed by atoms with van der Waals surface area (Å²) in [6.45, 7) is 1.47. The van der Waals surface area contributed by atoms with Crippen molar-refractivity contribution in [3.05, 3.63) is 64.9 Å². The zero-order valence-electron chi connectivity index (χ0n) is 15.7. The maximum atomic E-state index is 12.8. The molecule has 4 rings (SSSR count). The number of amides is 1. The van der Waals surface area contributed by atoms with E-state index in [4.69, 9.17) is 0 Å². The first-order valence-corrected chi connectivity index (χ1v) is 9.22. The van der Waals surface area contributed by atoms with Crippen LogP contribution in [0, 0.1) is 0 Å². The number of aryl methyl sites for hydroxylation is 2. The van der Waals surface area contributed by atoms with Crippen LogP contribution < -0.4 is 5.32 Å². The second-order valence-electron chi connectivity index (χ2n) is 7.11. The van der Waals surface area contributed by atoms with Crippen LogP contribution in [-0.2, 0) is 33.0 Å². The molecule has 2 aromatic heterocycles. The first-order valence-electron chi connectivity index (χ1n) is 9.22. The summed E-state index contributed by atoms with van der Waals surface area (Å²) in [5.74, 6) is 1.66. The van der Waals surface area contributed by atoms with Gasteiger partial charge in [-0.1, -0.05) is 12.1 Å². The number of nitrogens with zero attached hydrogens (tertiary/aromatic N) is 4. The smallest absolute Gasteiger partial charge is 0.256 e. The van der Waals surface area contributed by atoms with E-state index in [0.29, 0.717) is 5.56 Å². The number of fused-ring (bicyclic) bond motifs is 1. The van der Waals surface area contributed by atoms with Gasteiger partial charge in [-0.2, -0.15) is 5.10 Å². The Balaban J connectivity index is 1.45. The summed E-state index contributed by atoms with van der Waals surface area (Å²) in [6.07, 6.45) is 6.67. The largest absolute Gasteiger partial charge is 0.348 e. The minimum Gasteiger partial charge on any atom is -0.348 e. The molecule has 140 valence electrons. The molecule has 0 bridgehead atoms. The summed E-state index contributed by atoms with van der Waals surface area (Å²) in [5.41, 5.74) is 4.04. The molecule has 0 saturated heterocycles. The molecule has 0 spiro atoms. The average molecular weight is 364 g/mol. The molecule has 0 atom stereocenters. The normalized spacial score (nSPS) is 13.1. The second kappa shape index (κ2) is 7.36. The van der Waals surface area contributed by atoms with E-state index in [1.807, 2.05) is 44.6 Å². The van der Waals surface area contributed by atoms with E-state index in [2.05, 4.69) is 25.3 Å². The van der Waals surface area contributed by atoms with E-state index in [-0.39, 0.29) is 5.91 Å². The fourth-order valence-corrected chi connectivity index (χ4v) is 3.67. The second-order valence-corrected chi connectivity index (χ2v) is 7.11. The molecule has 1 aliphatic carbocycles. The minimum absolute atomic E-state index is 0.0942. The van der Waals surface area contributed by atoms with E-state index >= 15 is 0 Å². The molecule has 1 amide bonds. The number of carbonyl (C=O) groups excluding carboxylic acids is 1. The minimum atomic E-state index is -0.0942. The Labute approximate surface area is 158 Å². The van der Waals surface area contributed by atoms with Gasteiger partial charge in [-0.15, -0.1) is 0 Å². The van der Waals surface area contributed by atoms with Crippen LogP contribution in [-0.4, -0.2) is 37.6 Å². The number of H-pyrrole nitrogens is 1. The molecule has 1 aromatic carbocycles. The van der Waals surface area contributed by atoms with Gasteiger partial charge >= 0.3 is 0 Å². The lowest BCUT2D eigenvalue weighted by molar-refractivity contribution is 0.102. The molecule has 0 radical (unpaired) electrons. The summed E-state index contributed by atoms with van der Waals surface area (Å²) in [4.78, 5) is 22.3. The van der Waals surface area contributed by atoms with Crippen molar-refractivity contribution in [3.63, 3.8) is 0 Å². The van der Waals surface area contributed by atoms with Crippen molar-refractivity contribution in [1.82, 2.24) is 24.6 Å². The highest BCUT2D eigenvalue weighted by molar-refractivity contribution is 6.04. The molecule has 2 heterocycles. The number of hydrogen-bond acceptors (Lipinski definition) is 4. The third-order valence-corrected chi connectivity index (χ3v) is 4.92. The van der Waals surface area contributed by atoms with Crippen molar-refractivity contribution in [3.8, 4) is 0 Å². The number of aromatic nitrogens is 4. The van der Waals surface area contributed by atoms with Crippen LogP contribution in [0.3, 0.4) is 0 Å². The van der Waals surface area contributed by atoms with Crippen molar-refractivity contribution >= 4 is 11.7 Å². The number of benzene rings is 1. The third kappa shape index (κ3) is 3.78. The van der Waals surface area contributed by atoms with Crippen LogP contribution in [0.1, 0.15) is 39.4 Å². The van der Waals surface area contributed by atoms with Gasteiger partial charge < -0.3 is 10.3 Å². The molecule has 0 fully saturated rings. The maximum Gasteiger partial charge on any atom is 0.256 e. The number of hydrogen-bond donors (Lipinski definition) is 2. The maximum absolute atomic E-state index is 12.8. The fourth-order valence-electron chi connectivity index (χ4n) is 3.67. The van der Waals surface area contributed by atoms with Crippen LogP contribution in [0.5, 0.6) is 0 Å². The first-order chi connectivity index (χ1) is 13.1. The number of imidazole rings is 1. The topological polar surface area (TPSA) is 78.8 Å². The number of nitrogens with one attached hydrogen (secondary N) is 2. The number of anilines is 1. The zero-order valence-corrected chi connectivity index (χ0v) is 15.7. The standard InChI is InChI=1S/C20H24N6O/c1-25(13-18-21-9-10-22-18)12-14-5-3-6-15(11-14)20(27)23-19-16-7-4-8-17(16)24-26(19)2/h3,5-6,9-11H,4,7-8,12-13H2,1-2H3,(H,21,22)(H,23,27). The Morgan fingerprint density at radius 1 is 1.33 bits per heavy atom. The van der Waals surface area contributed by atoms with Gasteiger partial charge in [0, 0.05) is 37.1 Å². The monoisotopic (exact) mass is 364 g/mol. The van der Waals surface area contributed by atoms with E-state index in [9.17, 15) is 4.79 Å². The summed E-state index contributed by atoms with van der Waals surface area (Å²) in [7, 11) is 3.92. The van der Waals surface area contributed by atoms with Crippen molar-refractivity contribution in [2.75, 3.05) is 12.4 Å². The zero-order chi connectivity index (χ0) is 18.8. The molecule has 0 saturated carbocycles. The molecule has 0 unspecified atom stereocenters. The van der Waals surface area contributed by atoms with Crippen LogP contribution in [0.2, 0.25) is 0 Å². The highest BCUT2D eigenvalue weighted by Gasteiger charge is 2.22. The van der Waals surface area contributed by atoms with E-state index in [1.54, 1.807) is 10.9 Å². The lowest BCUT2D eigenvalue weighted by Gasteiger charge is -2.16. The quantitative estimate of drug-likeness (QED) is 0.704. The summed E-state index contributed by atoms with van der Waals surface area (Å²) < 4.78 is 1.78. The van der Waals surface area contributed by atoms with Crippen LogP contribution in [0.4, 0.5) is 5.82 Å². The predicted octanol–water partition coefficient (Wildman–Crippen LogP) is 2.52. The van der Waals surface area contributed by atoms with Crippen LogP contribution >= 0.6 is 0 Å². The van der Waals surface area contributed by atoms with Crippen molar-refractivity contribution in [2.45, 2.75) is 32.4 Å². The summed E-state index contributed by atoms with van der Waals surface area (Å²) in [6, 6.07) is 7.77. The van der Waals surface area contributed by atoms with Gasteiger partial charge in [0.05, 0.1) is 12.2 Å². The number of aromatic amines is 1. The van der Waals surface area contributed by atoms with Crippen LogP contribution in [0.15, 0.2) is 36.7 Å². The molecule has 7 nitrogen and oxygen atoms in total.